The Balaban J connectivity index is 1.71. The van der Waals surface area contributed by atoms with Crippen molar-refractivity contribution in [3.05, 3.63) is 0 Å². The Morgan fingerprint density at radius 2 is 1.90 bits per heavy atom. The van der Waals surface area contributed by atoms with Crippen LogP contribution in [0.25, 0.3) is 0 Å². The number of fused-ring (bicyclic) bond motifs is 1. The highest BCUT2D eigenvalue weighted by molar-refractivity contribution is 5.16. The SMILES string of the molecule is CCCC1CC2C3C[C@@H]2C13. The van der Waals surface area contributed by atoms with Crippen LogP contribution in [-0.4, -0.2) is 0 Å². The van der Waals surface area contributed by atoms with E-state index in [0.29, 0.717) is 0 Å². The Hall–Kier alpha value is 0. The van der Waals surface area contributed by atoms with Crippen molar-refractivity contribution in [2.75, 3.05) is 0 Å². The number of hydrogen-bond donors (Lipinski definition) is 0. The van der Waals surface area contributed by atoms with Crippen molar-refractivity contribution in [2.24, 2.45) is 29.6 Å². The van der Waals surface area contributed by atoms with Gasteiger partial charge in [0.2, 0.25) is 0 Å². The number of hydrogen-bond acceptors (Lipinski definition) is 0. The lowest BCUT2D eigenvalue weighted by molar-refractivity contribution is -0.113. The molecule has 56 valence electrons. The molecule has 0 aromatic carbocycles. The van der Waals surface area contributed by atoms with E-state index >= 15 is 0 Å². The average Bonchev–Trinajstić information content (AvgIpc) is 2.15. The zero-order valence-corrected chi connectivity index (χ0v) is 6.72. The third-order valence-corrected chi connectivity index (χ3v) is 4.41. The molecule has 10 heavy (non-hydrogen) atoms. The lowest BCUT2D eigenvalue weighted by atomic mass is 9.45. The quantitative estimate of drug-likeness (QED) is 0.547. The van der Waals surface area contributed by atoms with Gasteiger partial charge < -0.3 is 0 Å². The van der Waals surface area contributed by atoms with E-state index in [1.807, 2.05) is 0 Å². The molecule has 0 aliphatic heterocycles. The predicted molar refractivity (Wildman–Crippen MR) is 41.6 cm³/mol. The first-order valence-corrected chi connectivity index (χ1v) is 4.92. The Labute approximate surface area is 63.0 Å². The van der Waals surface area contributed by atoms with Crippen LogP contribution in [0.4, 0.5) is 0 Å². The van der Waals surface area contributed by atoms with E-state index in [-0.39, 0.29) is 0 Å². The Kier molecular flexibility index (Phi) is 0.898. The zero-order valence-electron chi connectivity index (χ0n) is 6.72. The summed E-state index contributed by atoms with van der Waals surface area (Å²) in [5, 5.41) is 0. The molecule has 5 saturated carbocycles. The summed E-state index contributed by atoms with van der Waals surface area (Å²) in [6.07, 6.45) is 6.20. The second kappa shape index (κ2) is 1.60. The fraction of sp³-hybridized carbons (Fsp3) is 1.00. The molecule has 0 aromatic heterocycles. The minimum Gasteiger partial charge on any atom is -0.0654 e. The fourth-order valence-corrected chi connectivity index (χ4v) is 3.88. The van der Waals surface area contributed by atoms with Gasteiger partial charge in [-0.2, -0.15) is 0 Å². The summed E-state index contributed by atoms with van der Waals surface area (Å²) in [7, 11) is 0. The van der Waals surface area contributed by atoms with Crippen molar-refractivity contribution >= 4 is 0 Å². The van der Waals surface area contributed by atoms with Gasteiger partial charge in [0.05, 0.1) is 0 Å². The normalized spacial score (nSPS) is 61.5. The molecule has 4 unspecified atom stereocenters. The molecule has 0 heterocycles. The topological polar surface area (TPSA) is 0 Å². The Morgan fingerprint density at radius 1 is 1.10 bits per heavy atom. The maximum Gasteiger partial charge on any atom is -0.0323 e. The van der Waals surface area contributed by atoms with Crippen LogP contribution in [0, 0.1) is 29.6 Å². The average molecular weight is 136 g/mol. The van der Waals surface area contributed by atoms with Gasteiger partial charge in [0, 0.05) is 0 Å². The Bertz CT molecular complexity index is 151. The number of rotatable bonds is 2. The molecule has 0 saturated heterocycles. The van der Waals surface area contributed by atoms with E-state index in [1.54, 1.807) is 12.8 Å². The van der Waals surface area contributed by atoms with Crippen molar-refractivity contribution in [1.29, 1.82) is 0 Å². The van der Waals surface area contributed by atoms with Crippen molar-refractivity contribution in [2.45, 2.75) is 32.6 Å². The van der Waals surface area contributed by atoms with Crippen molar-refractivity contribution in [1.82, 2.24) is 0 Å². The van der Waals surface area contributed by atoms with Gasteiger partial charge in [-0.3, -0.25) is 0 Å². The van der Waals surface area contributed by atoms with Gasteiger partial charge in [0.1, 0.15) is 0 Å². The monoisotopic (exact) mass is 136 g/mol. The summed E-state index contributed by atoms with van der Waals surface area (Å²) in [6.45, 7) is 2.33. The molecule has 0 heteroatoms. The van der Waals surface area contributed by atoms with Crippen LogP contribution in [0.5, 0.6) is 0 Å². The molecule has 5 fully saturated rings. The molecule has 0 spiro atoms. The second-order valence-electron chi connectivity index (χ2n) is 4.59. The molecule has 0 radical (unpaired) electrons. The van der Waals surface area contributed by atoms with Crippen LogP contribution < -0.4 is 0 Å². The molecule has 0 aromatic rings. The summed E-state index contributed by atoms with van der Waals surface area (Å²) >= 11 is 0. The summed E-state index contributed by atoms with van der Waals surface area (Å²) in [6, 6.07) is 0. The van der Waals surface area contributed by atoms with E-state index < -0.39 is 0 Å². The maximum absolute atomic E-state index is 2.33. The lowest BCUT2D eigenvalue weighted by Gasteiger charge is -2.59. The summed E-state index contributed by atoms with van der Waals surface area (Å²) in [4.78, 5) is 0. The van der Waals surface area contributed by atoms with Crippen LogP contribution in [0.15, 0.2) is 0 Å². The maximum atomic E-state index is 2.33. The standard InChI is InChI=1S/C10H16/c1-2-3-6-4-7-8-5-9(7)10(6)8/h6-10H,2-5H2,1H3/t6?,7?,8-,9?,10?/m0/s1. The summed E-state index contributed by atoms with van der Waals surface area (Å²) in [5.41, 5.74) is 0. The van der Waals surface area contributed by atoms with Gasteiger partial charge in [0.15, 0.2) is 0 Å². The van der Waals surface area contributed by atoms with Crippen molar-refractivity contribution in [3.8, 4) is 0 Å². The zero-order chi connectivity index (χ0) is 6.72. The largest absolute Gasteiger partial charge is 0.0654 e. The van der Waals surface area contributed by atoms with Gasteiger partial charge in [-0.25, -0.2) is 0 Å². The molecule has 0 amide bonds. The van der Waals surface area contributed by atoms with Gasteiger partial charge >= 0.3 is 0 Å². The summed E-state index contributed by atoms with van der Waals surface area (Å²) in [5.74, 6) is 6.13. The smallest absolute Gasteiger partial charge is 0.0323 e. The molecule has 5 aliphatic carbocycles. The summed E-state index contributed by atoms with van der Waals surface area (Å²) < 4.78 is 0. The van der Waals surface area contributed by atoms with Crippen molar-refractivity contribution < 1.29 is 0 Å². The van der Waals surface area contributed by atoms with E-state index in [4.69, 9.17) is 0 Å². The van der Waals surface area contributed by atoms with Gasteiger partial charge in [-0.05, 0) is 42.4 Å². The van der Waals surface area contributed by atoms with Crippen LogP contribution >= 0.6 is 0 Å². The first-order chi connectivity index (χ1) is 4.92. The highest BCUT2D eigenvalue weighted by Crippen LogP contribution is 2.74. The van der Waals surface area contributed by atoms with Crippen LogP contribution in [0.3, 0.4) is 0 Å². The molecule has 5 aliphatic rings. The minimum atomic E-state index is 1.18. The van der Waals surface area contributed by atoms with Crippen LogP contribution in [0.1, 0.15) is 32.6 Å². The lowest BCUT2D eigenvalue weighted by Crippen LogP contribution is -2.54. The fourth-order valence-electron chi connectivity index (χ4n) is 3.88. The van der Waals surface area contributed by atoms with E-state index in [1.165, 1.54) is 42.4 Å². The van der Waals surface area contributed by atoms with E-state index in [9.17, 15) is 0 Å². The van der Waals surface area contributed by atoms with Crippen molar-refractivity contribution in [3.63, 3.8) is 0 Å². The van der Waals surface area contributed by atoms with Crippen LogP contribution in [0.2, 0.25) is 0 Å². The van der Waals surface area contributed by atoms with E-state index in [0.717, 1.165) is 0 Å². The minimum absolute atomic E-state index is 1.18. The highest BCUT2D eigenvalue weighted by Gasteiger charge is 2.68. The third kappa shape index (κ3) is 0.408. The highest BCUT2D eigenvalue weighted by atomic mass is 14.7. The molecule has 4 bridgehead atoms. The molecule has 0 N–H and O–H groups in total. The molecular formula is C10H16. The molecule has 0 nitrogen and oxygen atoms in total. The van der Waals surface area contributed by atoms with Gasteiger partial charge in [0.25, 0.3) is 0 Å². The van der Waals surface area contributed by atoms with Gasteiger partial charge in [-0.1, -0.05) is 19.8 Å². The van der Waals surface area contributed by atoms with Crippen LogP contribution in [-0.2, 0) is 0 Å². The predicted octanol–water partition coefficient (Wildman–Crippen LogP) is 2.69. The second-order valence-corrected chi connectivity index (χ2v) is 4.59. The van der Waals surface area contributed by atoms with E-state index in [2.05, 4.69) is 6.92 Å². The third-order valence-electron chi connectivity index (χ3n) is 4.41. The molecular weight excluding hydrogens is 120 g/mol. The molecule has 5 atom stereocenters. The van der Waals surface area contributed by atoms with Gasteiger partial charge in [-0.15, -0.1) is 0 Å². The molecule has 5 rings (SSSR count). The first-order valence-electron chi connectivity index (χ1n) is 4.92. The Morgan fingerprint density at radius 3 is 2.30 bits per heavy atom. The first kappa shape index (κ1) is 5.62.